The number of hydrogen-bond acceptors (Lipinski definition) is 2. The highest BCUT2D eigenvalue weighted by molar-refractivity contribution is 5.91. The summed E-state index contributed by atoms with van der Waals surface area (Å²) < 4.78 is 0. The molecule has 0 bridgehead atoms. The van der Waals surface area contributed by atoms with Crippen molar-refractivity contribution in [2.24, 2.45) is 11.8 Å². The summed E-state index contributed by atoms with van der Waals surface area (Å²) in [5.74, 6) is 1.59. The van der Waals surface area contributed by atoms with Crippen LogP contribution in [-0.4, -0.2) is 37.0 Å². The van der Waals surface area contributed by atoms with Crippen LogP contribution < -0.4 is 5.32 Å². The predicted molar refractivity (Wildman–Crippen MR) is 97.2 cm³/mol. The first-order valence-electron chi connectivity index (χ1n) is 8.78. The zero-order chi connectivity index (χ0) is 16.7. The van der Waals surface area contributed by atoms with Crippen molar-refractivity contribution < 1.29 is 4.79 Å². The molecule has 23 heavy (non-hydrogen) atoms. The molecule has 0 saturated carbocycles. The SMILES string of the molecule is Cc1ccc(/C=C/C(=O)NCCCN2CC(C)CC(C)C2)cc1. The normalized spacial score (nSPS) is 22.4. The Morgan fingerprint density at radius 2 is 1.87 bits per heavy atom. The predicted octanol–water partition coefficient (Wildman–Crippen LogP) is 3.49. The van der Waals surface area contributed by atoms with Crippen LogP contribution in [0.2, 0.25) is 0 Å². The van der Waals surface area contributed by atoms with Crippen LogP contribution in [0.15, 0.2) is 30.3 Å². The van der Waals surface area contributed by atoms with Crippen molar-refractivity contribution in [1.29, 1.82) is 0 Å². The van der Waals surface area contributed by atoms with Crippen LogP contribution in [0.1, 0.15) is 37.8 Å². The Labute approximate surface area is 140 Å². The van der Waals surface area contributed by atoms with Gasteiger partial charge in [-0.3, -0.25) is 4.79 Å². The summed E-state index contributed by atoms with van der Waals surface area (Å²) in [6.45, 7) is 11.0. The van der Waals surface area contributed by atoms with Gasteiger partial charge in [-0.25, -0.2) is 0 Å². The highest BCUT2D eigenvalue weighted by Gasteiger charge is 2.20. The number of carbonyl (C=O) groups is 1. The molecular formula is C20H30N2O. The lowest BCUT2D eigenvalue weighted by atomic mass is 9.92. The van der Waals surface area contributed by atoms with Crippen LogP contribution in [0.4, 0.5) is 0 Å². The number of amides is 1. The summed E-state index contributed by atoms with van der Waals surface area (Å²) in [6, 6.07) is 8.16. The number of rotatable bonds is 6. The second kappa shape index (κ2) is 8.88. The lowest BCUT2D eigenvalue weighted by Gasteiger charge is -2.34. The second-order valence-electron chi connectivity index (χ2n) is 7.09. The van der Waals surface area contributed by atoms with E-state index in [4.69, 9.17) is 0 Å². The van der Waals surface area contributed by atoms with Gasteiger partial charge in [0.2, 0.25) is 5.91 Å². The third kappa shape index (κ3) is 6.57. The molecule has 2 rings (SSSR count). The Morgan fingerprint density at radius 3 is 2.52 bits per heavy atom. The fraction of sp³-hybridized carbons (Fsp3) is 0.550. The van der Waals surface area contributed by atoms with Crippen molar-refractivity contribution in [3.05, 3.63) is 41.5 Å². The Bertz CT molecular complexity index is 511. The molecule has 1 N–H and O–H groups in total. The molecule has 0 radical (unpaired) electrons. The number of nitrogens with one attached hydrogen (secondary N) is 1. The van der Waals surface area contributed by atoms with Crippen molar-refractivity contribution in [2.75, 3.05) is 26.2 Å². The lowest BCUT2D eigenvalue weighted by molar-refractivity contribution is -0.116. The maximum absolute atomic E-state index is 11.8. The van der Waals surface area contributed by atoms with Crippen molar-refractivity contribution in [2.45, 2.75) is 33.6 Å². The zero-order valence-electron chi connectivity index (χ0n) is 14.7. The number of nitrogens with zero attached hydrogens (tertiary/aromatic N) is 1. The van der Waals surface area contributed by atoms with E-state index in [1.807, 2.05) is 18.2 Å². The first-order chi connectivity index (χ1) is 11.0. The molecule has 1 aromatic carbocycles. The van der Waals surface area contributed by atoms with Crippen molar-refractivity contribution in [3.63, 3.8) is 0 Å². The fourth-order valence-electron chi connectivity index (χ4n) is 3.40. The average molecular weight is 314 g/mol. The Hall–Kier alpha value is -1.61. The van der Waals surface area contributed by atoms with Gasteiger partial charge in [-0.1, -0.05) is 43.7 Å². The minimum absolute atomic E-state index is 0.00837. The average Bonchev–Trinajstić information content (AvgIpc) is 2.50. The first-order valence-corrected chi connectivity index (χ1v) is 8.78. The van der Waals surface area contributed by atoms with Gasteiger partial charge in [0.05, 0.1) is 0 Å². The van der Waals surface area contributed by atoms with Gasteiger partial charge in [-0.05, 0) is 49.8 Å². The summed E-state index contributed by atoms with van der Waals surface area (Å²) in [5.41, 5.74) is 2.29. The highest BCUT2D eigenvalue weighted by atomic mass is 16.1. The summed E-state index contributed by atoms with van der Waals surface area (Å²) in [6.07, 6.45) is 5.85. The minimum atomic E-state index is -0.00837. The van der Waals surface area contributed by atoms with E-state index >= 15 is 0 Å². The number of hydrogen-bond donors (Lipinski definition) is 1. The largest absolute Gasteiger partial charge is 0.353 e. The van der Waals surface area contributed by atoms with Crippen molar-refractivity contribution in [1.82, 2.24) is 10.2 Å². The summed E-state index contributed by atoms with van der Waals surface area (Å²) in [4.78, 5) is 14.4. The van der Waals surface area contributed by atoms with E-state index in [0.29, 0.717) is 0 Å². The van der Waals surface area contributed by atoms with Gasteiger partial charge in [0.25, 0.3) is 0 Å². The lowest BCUT2D eigenvalue weighted by Crippen LogP contribution is -2.40. The number of carbonyl (C=O) groups excluding carboxylic acids is 1. The van der Waals surface area contributed by atoms with Crippen LogP contribution in [-0.2, 0) is 4.79 Å². The third-order valence-corrected chi connectivity index (χ3v) is 4.40. The molecule has 126 valence electrons. The molecule has 2 unspecified atom stereocenters. The maximum atomic E-state index is 11.8. The van der Waals surface area contributed by atoms with Crippen LogP contribution in [0.5, 0.6) is 0 Å². The van der Waals surface area contributed by atoms with Crippen molar-refractivity contribution in [3.8, 4) is 0 Å². The van der Waals surface area contributed by atoms with E-state index < -0.39 is 0 Å². The fourth-order valence-corrected chi connectivity index (χ4v) is 3.40. The molecule has 2 atom stereocenters. The Balaban J connectivity index is 1.64. The molecule has 1 amide bonds. The quantitative estimate of drug-likeness (QED) is 0.644. The van der Waals surface area contributed by atoms with E-state index in [9.17, 15) is 4.79 Å². The Kier molecular flexibility index (Phi) is 6.85. The van der Waals surface area contributed by atoms with E-state index in [0.717, 1.165) is 36.9 Å². The summed E-state index contributed by atoms with van der Waals surface area (Å²) in [7, 11) is 0. The molecular weight excluding hydrogens is 284 g/mol. The number of likely N-dealkylation sites (tertiary alicyclic amines) is 1. The van der Waals surface area contributed by atoms with Crippen LogP contribution >= 0.6 is 0 Å². The molecule has 3 heteroatoms. The molecule has 1 aliphatic rings. The third-order valence-electron chi connectivity index (χ3n) is 4.40. The van der Waals surface area contributed by atoms with Crippen LogP contribution in [0, 0.1) is 18.8 Å². The van der Waals surface area contributed by atoms with Gasteiger partial charge in [0, 0.05) is 25.7 Å². The molecule has 1 aromatic rings. The molecule has 3 nitrogen and oxygen atoms in total. The number of aryl methyl sites for hydroxylation is 1. The van der Waals surface area contributed by atoms with Gasteiger partial charge in [0.1, 0.15) is 0 Å². The van der Waals surface area contributed by atoms with Crippen molar-refractivity contribution >= 4 is 12.0 Å². The summed E-state index contributed by atoms with van der Waals surface area (Å²) in [5, 5.41) is 2.97. The zero-order valence-corrected chi connectivity index (χ0v) is 14.7. The van der Waals surface area contributed by atoms with Crippen LogP contribution in [0.25, 0.3) is 6.08 Å². The van der Waals surface area contributed by atoms with Gasteiger partial charge in [0.15, 0.2) is 0 Å². The van der Waals surface area contributed by atoms with Gasteiger partial charge >= 0.3 is 0 Å². The van der Waals surface area contributed by atoms with Gasteiger partial charge in [-0.2, -0.15) is 0 Å². The van der Waals surface area contributed by atoms with E-state index in [1.165, 1.54) is 25.1 Å². The van der Waals surface area contributed by atoms with Gasteiger partial charge < -0.3 is 10.2 Å². The number of benzene rings is 1. The standard InChI is InChI=1S/C20H30N2O/c1-16-5-7-19(8-6-16)9-10-20(23)21-11-4-12-22-14-17(2)13-18(3)15-22/h5-10,17-18H,4,11-15H2,1-3H3,(H,21,23)/b10-9+. The monoisotopic (exact) mass is 314 g/mol. The maximum Gasteiger partial charge on any atom is 0.243 e. The minimum Gasteiger partial charge on any atom is -0.353 e. The second-order valence-corrected chi connectivity index (χ2v) is 7.09. The van der Waals surface area contributed by atoms with E-state index in [-0.39, 0.29) is 5.91 Å². The number of piperidine rings is 1. The molecule has 0 aliphatic carbocycles. The molecule has 0 spiro atoms. The van der Waals surface area contributed by atoms with E-state index in [2.05, 4.69) is 43.1 Å². The highest BCUT2D eigenvalue weighted by Crippen LogP contribution is 2.20. The summed E-state index contributed by atoms with van der Waals surface area (Å²) >= 11 is 0. The molecule has 1 saturated heterocycles. The Morgan fingerprint density at radius 1 is 1.22 bits per heavy atom. The van der Waals surface area contributed by atoms with E-state index in [1.54, 1.807) is 6.08 Å². The van der Waals surface area contributed by atoms with Crippen LogP contribution in [0.3, 0.4) is 0 Å². The molecule has 1 fully saturated rings. The molecule has 0 aromatic heterocycles. The first kappa shape index (κ1) is 17.7. The molecule has 1 aliphatic heterocycles. The topological polar surface area (TPSA) is 32.3 Å². The van der Waals surface area contributed by atoms with Gasteiger partial charge in [-0.15, -0.1) is 0 Å². The smallest absolute Gasteiger partial charge is 0.243 e. The molecule has 1 heterocycles.